The topological polar surface area (TPSA) is 43.1 Å². The molecule has 0 bridgehead atoms. The van der Waals surface area contributed by atoms with Crippen LogP contribution < -0.4 is 5.73 Å². The molecule has 0 heterocycles. The minimum Gasteiger partial charge on any atom is -0.369 e. The Kier molecular flexibility index (Phi) is 2.28. The van der Waals surface area contributed by atoms with E-state index in [1.165, 1.54) is 5.56 Å². The molecule has 2 rings (SSSR count). The van der Waals surface area contributed by atoms with Gasteiger partial charge in [0.05, 0.1) is 5.41 Å². The Bertz CT molecular complexity index is 327. The van der Waals surface area contributed by atoms with E-state index in [0.717, 1.165) is 25.7 Å². The van der Waals surface area contributed by atoms with Crippen molar-refractivity contribution in [1.29, 1.82) is 0 Å². The maximum Gasteiger partial charge on any atom is 0.223 e. The second-order valence-corrected chi connectivity index (χ2v) is 4.16. The Morgan fingerprint density at radius 2 is 1.93 bits per heavy atom. The second-order valence-electron chi connectivity index (χ2n) is 4.16. The summed E-state index contributed by atoms with van der Waals surface area (Å²) in [4.78, 5) is 11.3. The summed E-state index contributed by atoms with van der Waals surface area (Å²) in [5.74, 6) is -0.132. The van der Waals surface area contributed by atoms with Crippen LogP contribution in [-0.2, 0) is 11.2 Å². The predicted molar refractivity (Wildman–Crippen MR) is 55.6 cm³/mol. The van der Waals surface area contributed by atoms with Gasteiger partial charge >= 0.3 is 0 Å². The molecule has 0 unspecified atom stereocenters. The van der Waals surface area contributed by atoms with Crippen LogP contribution in [0.5, 0.6) is 0 Å². The summed E-state index contributed by atoms with van der Waals surface area (Å²) in [6.45, 7) is 0. The Balaban J connectivity index is 2.13. The van der Waals surface area contributed by atoms with Crippen molar-refractivity contribution >= 4 is 5.91 Å². The van der Waals surface area contributed by atoms with Crippen LogP contribution in [0.25, 0.3) is 0 Å². The van der Waals surface area contributed by atoms with Crippen molar-refractivity contribution in [2.24, 2.45) is 11.1 Å². The van der Waals surface area contributed by atoms with Crippen molar-refractivity contribution < 1.29 is 4.79 Å². The second kappa shape index (κ2) is 3.45. The molecule has 1 amide bonds. The average Bonchev–Trinajstić information content (AvgIpc) is 2.12. The molecule has 74 valence electrons. The van der Waals surface area contributed by atoms with Gasteiger partial charge in [0.2, 0.25) is 5.91 Å². The number of carbonyl (C=O) groups excluding carboxylic acids is 1. The zero-order valence-corrected chi connectivity index (χ0v) is 8.20. The van der Waals surface area contributed by atoms with Crippen LogP contribution in [0, 0.1) is 5.41 Å². The third kappa shape index (κ3) is 1.52. The highest BCUT2D eigenvalue weighted by Crippen LogP contribution is 2.43. The van der Waals surface area contributed by atoms with E-state index < -0.39 is 0 Å². The van der Waals surface area contributed by atoms with Crippen LogP contribution in [0.4, 0.5) is 0 Å². The minimum absolute atomic E-state index is 0.132. The van der Waals surface area contributed by atoms with Crippen LogP contribution >= 0.6 is 0 Å². The summed E-state index contributed by atoms with van der Waals surface area (Å²) in [6, 6.07) is 10.1. The summed E-state index contributed by atoms with van der Waals surface area (Å²) in [7, 11) is 0. The largest absolute Gasteiger partial charge is 0.369 e. The zero-order chi connectivity index (χ0) is 10.0. The third-order valence-electron chi connectivity index (χ3n) is 3.22. The summed E-state index contributed by atoms with van der Waals surface area (Å²) in [6.07, 6.45) is 3.85. The summed E-state index contributed by atoms with van der Waals surface area (Å²) in [5, 5.41) is 0. The Hall–Kier alpha value is -1.31. The molecule has 1 fully saturated rings. The molecule has 0 aromatic heterocycles. The molecule has 1 aliphatic carbocycles. The van der Waals surface area contributed by atoms with Gasteiger partial charge in [-0.15, -0.1) is 0 Å². The number of benzene rings is 1. The highest BCUT2D eigenvalue weighted by Gasteiger charge is 2.42. The van der Waals surface area contributed by atoms with Crippen molar-refractivity contribution in [3.8, 4) is 0 Å². The lowest BCUT2D eigenvalue weighted by Gasteiger charge is -2.38. The van der Waals surface area contributed by atoms with E-state index in [-0.39, 0.29) is 11.3 Å². The number of amides is 1. The number of primary amides is 1. The minimum atomic E-state index is -0.235. The molecule has 1 saturated carbocycles. The van der Waals surface area contributed by atoms with Crippen molar-refractivity contribution in [1.82, 2.24) is 0 Å². The molecule has 1 aliphatic rings. The SMILES string of the molecule is NC(=O)C1(Cc2ccccc2)CCC1. The monoisotopic (exact) mass is 189 g/mol. The van der Waals surface area contributed by atoms with Gasteiger partial charge in [-0.3, -0.25) is 4.79 Å². The Labute approximate surface area is 84.1 Å². The summed E-state index contributed by atoms with van der Waals surface area (Å²) in [5.41, 5.74) is 6.42. The fourth-order valence-corrected chi connectivity index (χ4v) is 2.10. The Morgan fingerprint density at radius 1 is 1.29 bits per heavy atom. The number of carbonyl (C=O) groups is 1. The van der Waals surface area contributed by atoms with Crippen LogP contribution in [0.15, 0.2) is 30.3 Å². The predicted octanol–water partition coefficient (Wildman–Crippen LogP) is 1.88. The molecule has 2 N–H and O–H groups in total. The lowest BCUT2D eigenvalue weighted by Crippen LogP contribution is -2.44. The van der Waals surface area contributed by atoms with Gasteiger partial charge in [-0.2, -0.15) is 0 Å². The first-order valence-electron chi connectivity index (χ1n) is 5.07. The molecule has 2 heteroatoms. The highest BCUT2D eigenvalue weighted by atomic mass is 16.1. The molecule has 0 radical (unpaired) electrons. The first kappa shape index (κ1) is 9.25. The van der Waals surface area contributed by atoms with E-state index >= 15 is 0 Å². The van der Waals surface area contributed by atoms with Crippen LogP contribution in [0.1, 0.15) is 24.8 Å². The highest BCUT2D eigenvalue weighted by molar-refractivity contribution is 5.82. The number of hydrogen-bond donors (Lipinski definition) is 1. The van der Waals surface area contributed by atoms with Gasteiger partial charge in [0.25, 0.3) is 0 Å². The lowest BCUT2D eigenvalue weighted by molar-refractivity contribution is -0.132. The van der Waals surface area contributed by atoms with Gasteiger partial charge in [0, 0.05) is 0 Å². The lowest BCUT2D eigenvalue weighted by atomic mass is 9.65. The first-order chi connectivity index (χ1) is 6.73. The molecule has 2 nitrogen and oxygen atoms in total. The van der Waals surface area contributed by atoms with Gasteiger partial charge in [0.1, 0.15) is 0 Å². The van der Waals surface area contributed by atoms with Gasteiger partial charge in [-0.25, -0.2) is 0 Å². The van der Waals surface area contributed by atoms with Gasteiger partial charge in [-0.1, -0.05) is 36.8 Å². The number of rotatable bonds is 3. The van der Waals surface area contributed by atoms with Crippen molar-refractivity contribution in [3.63, 3.8) is 0 Å². The van der Waals surface area contributed by atoms with Crippen molar-refractivity contribution in [2.45, 2.75) is 25.7 Å². The van der Waals surface area contributed by atoms with E-state index in [1.54, 1.807) is 0 Å². The molecule has 0 atom stereocenters. The van der Waals surface area contributed by atoms with Crippen LogP contribution in [0.2, 0.25) is 0 Å². The molecule has 14 heavy (non-hydrogen) atoms. The van der Waals surface area contributed by atoms with Crippen LogP contribution in [-0.4, -0.2) is 5.91 Å². The molecular weight excluding hydrogens is 174 g/mol. The third-order valence-corrected chi connectivity index (χ3v) is 3.22. The smallest absolute Gasteiger partial charge is 0.223 e. The molecule has 0 aliphatic heterocycles. The normalized spacial score (nSPS) is 18.6. The quantitative estimate of drug-likeness (QED) is 0.775. The number of hydrogen-bond acceptors (Lipinski definition) is 1. The fraction of sp³-hybridized carbons (Fsp3) is 0.417. The maximum atomic E-state index is 11.3. The standard InChI is InChI=1S/C12H15NO/c13-11(14)12(7-4-8-12)9-10-5-2-1-3-6-10/h1-3,5-6H,4,7-9H2,(H2,13,14). The van der Waals surface area contributed by atoms with E-state index in [9.17, 15) is 4.79 Å². The Morgan fingerprint density at radius 3 is 2.36 bits per heavy atom. The van der Waals surface area contributed by atoms with Crippen LogP contribution in [0.3, 0.4) is 0 Å². The van der Waals surface area contributed by atoms with Crippen molar-refractivity contribution in [3.05, 3.63) is 35.9 Å². The van der Waals surface area contributed by atoms with E-state index in [4.69, 9.17) is 5.73 Å². The first-order valence-corrected chi connectivity index (χ1v) is 5.07. The van der Waals surface area contributed by atoms with Gasteiger partial charge < -0.3 is 5.73 Å². The molecule has 0 saturated heterocycles. The van der Waals surface area contributed by atoms with E-state index in [0.29, 0.717) is 0 Å². The van der Waals surface area contributed by atoms with Gasteiger partial charge in [0.15, 0.2) is 0 Å². The summed E-state index contributed by atoms with van der Waals surface area (Å²) < 4.78 is 0. The van der Waals surface area contributed by atoms with E-state index in [2.05, 4.69) is 12.1 Å². The van der Waals surface area contributed by atoms with Crippen molar-refractivity contribution in [2.75, 3.05) is 0 Å². The summed E-state index contributed by atoms with van der Waals surface area (Å²) >= 11 is 0. The van der Waals surface area contributed by atoms with E-state index in [1.807, 2.05) is 18.2 Å². The molecule has 1 aromatic rings. The van der Waals surface area contributed by atoms with Gasteiger partial charge in [-0.05, 0) is 24.8 Å². The molecular formula is C12H15NO. The fourth-order valence-electron chi connectivity index (χ4n) is 2.10. The molecule has 0 spiro atoms. The average molecular weight is 189 g/mol. The molecule has 1 aromatic carbocycles. The zero-order valence-electron chi connectivity index (χ0n) is 8.20. The maximum absolute atomic E-state index is 11.3. The number of nitrogens with two attached hydrogens (primary N) is 1.